The lowest BCUT2D eigenvalue weighted by Gasteiger charge is -2.26. The molecule has 25 heavy (non-hydrogen) atoms. The molecule has 1 aliphatic rings. The Morgan fingerprint density at radius 3 is 2.68 bits per heavy atom. The molecule has 0 saturated carbocycles. The summed E-state index contributed by atoms with van der Waals surface area (Å²) in [5.74, 6) is 0.928. The standard InChI is InChI=1S/C20H25N3O2/c1-15-17(11-12-19(21-15)22(2)3)18-10-7-13-23(18)20(24)25-14-16-8-5-4-6-9-16/h4-6,8-9,11-12,18H,7,10,13-14H2,1-3H3. The number of carbonyl (C=O) groups excluding carboxylic acids is 1. The lowest BCUT2D eigenvalue weighted by molar-refractivity contribution is 0.0919. The third-order valence-electron chi connectivity index (χ3n) is 4.62. The van der Waals surface area contributed by atoms with Gasteiger partial charge in [-0.25, -0.2) is 9.78 Å². The van der Waals surface area contributed by atoms with Crippen molar-refractivity contribution in [1.82, 2.24) is 9.88 Å². The van der Waals surface area contributed by atoms with Gasteiger partial charge in [0.25, 0.3) is 0 Å². The second kappa shape index (κ2) is 7.55. The number of ether oxygens (including phenoxy) is 1. The van der Waals surface area contributed by atoms with Crippen molar-refractivity contribution in [3.63, 3.8) is 0 Å². The minimum atomic E-state index is -0.248. The third-order valence-corrected chi connectivity index (χ3v) is 4.62. The number of benzene rings is 1. The van der Waals surface area contributed by atoms with Crippen LogP contribution in [0.4, 0.5) is 10.6 Å². The molecular weight excluding hydrogens is 314 g/mol. The number of aryl methyl sites for hydroxylation is 1. The van der Waals surface area contributed by atoms with Gasteiger partial charge in [0.05, 0.1) is 6.04 Å². The van der Waals surface area contributed by atoms with E-state index in [0.29, 0.717) is 6.61 Å². The largest absolute Gasteiger partial charge is 0.445 e. The molecule has 1 saturated heterocycles. The molecule has 0 bridgehead atoms. The van der Waals surface area contributed by atoms with E-state index in [9.17, 15) is 4.79 Å². The number of rotatable bonds is 4. The van der Waals surface area contributed by atoms with E-state index in [1.165, 1.54) is 0 Å². The molecule has 1 amide bonds. The fourth-order valence-corrected chi connectivity index (χ4v) is 3.27. The van der Waals surface area contributed by atoms with E-state index in [-0.39, 0.29) is 12.1 Å². The molecule has 0 N–H and O–H groups in total. The average molecular weight is 339 g/mol. The number of pyridine rings is 1. The van der Waals surface area contributed by atoms with Crippen LogP contribution in [0.5, 0.6) is 0 Å². The minimum absolute atomic E-state index is 0.0481. The highest BCUT2D eigenvalue weighted by Gasteiger charge is 2.32. The first-order valence-electron chi connectivity index (χ1n) is 8.68. The molecule has 1 aliphatic heterocycles. The summed E-state index contributed by atoms with van der Waals surface area (Å²) in [6, 6.07) is 13.9. The second-order valence-corrected chi connectivity index (χ2v) is 6.63. The molecule has 132 valence electrons. The van der Waals surface area contributed by atoms with Crippen molar-refractivity contribution in [2.45, 2.75) is 32.4 Å². The Morgan fingerprint density at radius 2 is 2.00 bits per heavy atom. The summed E-state index contributed by atoms with van der Waals surface area (Å²) in [6.07, 6.45) is 1.69. The molecule has 1 fully saturated rings. The summed E-state index contributed by atoms with van der Waals surface area (Å²) in [5, 5.41) is 0. The van der Waals surface area contributed by atoms with Gasteiger partial charge in [-0.2, -0.15) is 0 Å². The molecule has 3 rings (SSSR count). The van der Waals surface area contributed by atoms with E-state index in [0.717, 1.165) is 42.0 Å². The summed E-state index contributed by atoms with van der Waals surface area (Å²) in [6.45, 7) is 3.04. The molecule has 0 aliphatic carbocycles. The fourth-order valence-electron chi connectivity index (χ4n) is 3.27. The molecule has 0 spiro atoms. The van der Waals surface area contributed by atoms with Gasteiger partial charge in [-0.3, -0.25) is 0 Å². The summed E-state index contributed by atoms with van der Waals surface area (Å²) in [5.41, 5.74) is 3.08. The minimum Gasteiger partial charge on any atom is -0.445 e. The predicted octanol–water partition coefficient (Wildman–Crippen LogP) is 3.93. The number of nitrogens with zero attached hydrogens (tertiary/aromatic N) is 3. The quantitative estimate of drug-likeness (QED) is 0.847. The monoisotopic (exact) mass is 339 g/mol. The van der Waals surface area contributed by atoms with E-state index in [1.54, 1.807) is 0 Å². The summed E-state index contributed by atoms with van der Waals surface area (Å²) >= 11 is 0. The number of likely N-dealkylation sites (tertiary alicyclic amines) is 1. The van der Waals surface area contributed by atoms with Gasteiger partial charge in [0, 0.05) is 26.3 Å². The highest BCUT2D eigenvalue weighted by molar-refractivity contribution is 5.69. The van der Waals surface area contributed by atoms with E-state index in [2.05, 4.69) is 11.1 Å². The first-order chi connectivity index (χ1) is 12.1. The fraction of sp³-hybridized carbons (Fsp3) is 0.400. The van der Waals surface area contributed by atoms with Crippen LogP contribution in [0, 0.1) is 6.92 Å². The average Bonchev–Trinajstić information content (AvgIpc) is 3.10. The summed E-state index contributed by atoms with van der Waals surface area (Å²) in [4.78, 5) is 21.0. The van der Waals surface area contributed by atoms with E-state index in [4.69, 9.17) is 4.74 Å². The number of anilines is 1. The maximum atomic E-state index is 12.6. The van der Waals surface area contributed by atoms with Gasteiger partial charge in [-0.1, -0.05) is 36.4 Å². The number of hydrogen-bond acceptors (Lipinski definition) is 4. The zero-order chi connectivity index (χ0) is 17.8. The van der Waals surface area contributed by atoms with Crippen molar-refractivity contribution < 1.29 is 9.53 Å². The van der Waals surface area contributed by atoms with Crippen LogP contribution in [0.25, 0.3) is 0 Å². The Kier molecular flexibility index (Phi) is 5.22. The molecule has 5 heteroatoms. The van der Waals surface area contributed by atoms with Crippen LogP contribution in [-0.2, 0) is 11.3 Å². The third kappa shape index (κ3) is 3.92. The van der Waals surface area contributed by atoms with Gasteiger partial charge >= 0.3 is 6.09 Å². The lowest BCUT2D eigenvalue weighted by atomic mass is 10.0. The lowest BCUT2D eigenvalue weighted by Crippen LogP contribution is -2.31. The SMILES string of the molecule is Cc1nc(N(C)C)ccc1C1CCCN1C(=O)OCc1ccccc1. The first kappa shape index (κ1) is 17.3. The highest BCUT2D eigenvalue weighted by Crippen LogP contribution is 2.34. The van der Waals surface area contributed by atoms with Gasteiger partial charge in [0.15, 0.2) is 0 Å². The van der Waals surface area contributed by atoms with Gasteiger partial charge in [0.1, 0.15) is 12.4 Å². The zero-order valence-corrected chi connectivity index (χ0v) is 15.1. The van der Waals surface area contributed by atoms with Gasteiger partial charge in [-0.05, 0) is 37.0 Å². The molecule has 2 heterocycles. The van der Waals surface area contributed by atoms with Crippen LogP contribution >= 0.6 is 0 Å². The van der Waals surface area contributed by atoms with Crippen LogP contribution in [0.2, 0.25) is 0 Å². The van der Waals surface area contributed by atoms with Gasteiger partial charge in [0.2, 0.25) is 0 Å². The van der Waals surface area contributed by atoms with Crippen molar-refractivity contribution in [2.24, 2.45) is 0 Å². The Bertz CT molecular complexity index is 731. The number of hydrogen-bond donors (Lipinski definition) is 0. The molecule has 1 aromatic carbocycles. The molecule has 0 radical (unpaired) electrons. The van der Waals surface area contributed by atoms with Crippen molar-refractivity contribution in [3.8, 4) is 0 Å². The Balaban J connectivity index is 1.70. The predicted molar refractivity (Wildman–Crippen MR) is 98.6 cm³/mol. The van der Waals surface area contributed by atoms with Crippen molar-refractivity contribution in [1.29, 1.82) is 0 Å². The smallest absolute Gasteiger partial charge is 0.410 e. The molecule has 1 atom stereocenters. The van der Waals surface area contributed by atoms with Gasteiger partial charge < -0.3 is 14.5 Å². The van der Waals surface area contributed by atoms with E-state index < -0.39 is 0 Å². The van der Waals surface area contributed by atoms with Crippen LogP contribution < -0.4 is 4.90 Å². The zero-order valence-electron chi connectivity index (χ0n) is 15.1. The van der Waals surface area contributed by atoms with Crippen molar-refractivity contribution >= 4 is 11.9 Å². The molecule has 5 nitrogen and oxygen atoms in total. The van der Waals surface area contributed by atoms with Gasteiger partial charge in [-0.15, -0.1) is 0 Å². The molecular formula is C20H25N3O2. The molecule has 2 aromatic rings. The maximum absolute atomic E-state index is 12.6. The van der Waals surface area contributed by atoms with Crippen molar-refractivity contribution in [2.75, 3.05) is 25.5 Å². The van der Waals surface area contributed by atoms with E-state index >= 15 is 0 Å². The van der Waals surface area contributed by atoms with Crippen LogP contribution in [-0.4, -0.2) is 36.6 Å². The summed E-state index contributed by atoms with van der Waals surface area (Å²) in [7, 11) is 3.95. The maximum Gasteiger partial charge on any atom is 0.410 e. The Morgan fingerprint density at radius 1 is 1.24 bits per heavy atom. The number of aromatic nitrogens is 1. The molecule has 1 unspecified atom stereocenters. The topological polar surface area (TPSA) is 45.7 Å². The second-order valence-electron chi connectivity index (χ2n) is 6.63. The van der Waals surface area contributed by atoms with E-state index in [1.807, 2.05) is 67.2 Å². The van der Waals surface area contributed by atoms with Crippen molar-refractivity contribution in [3.05, 3.63) is 59.3 Å². The molecule has 1 aromatic heterocycles. The van der Waals surface area contributed by atoms with Crippen LogP contribution in [0.3, 0.4) is 0 Å². The number of amides is 1. The Labute approximate surface area is 149 Å². The Hall–Kier alpha value is -2.56. The summed E-state index contributed by atoms with van der Waals surface area (Å²) < 4.78 is 5.52. The van der Waals surface area contributed by atoms with Crippen LogP contribution in [0.1, 0.15) is 35.7 Å². The normalized spacial score (nSPS) is 16.8. The number of carbonyl (C=O) groups is 1. The first-order valence-corrected chi connectivity index (χ1v) is 8.68. The van der Waals surface area contributed by atoms with Crippen LogP contribution in [0.15, 0.2) is 42.5 Å². The highest BCUT2D eigenvalue weighted by atomic mass is 16.6.